The smallest absolute Gasteiger partial charge is 0.257 e. The van der Waals surface area contributed by atoms with Crippen molar-refractivity contribution in [3.05, 3.63) is 52.5 Å². The molecule has 4 rings (SSSR count). The molecule has 0 bridgehead atoms. The van der Waals surface area contributed by atoms with Crippen molar-refractivity contribution in [3.8, 4) is 11.8 Å². The van der Waals surface area contributed by atoms with Crippen LogP contribution in [0.15, 0.2) is 24.3 Å². The van der Waals surface area contributed by atoms with Gasteiger partial charge in [-0.1, -0.05) is 0 Å². The summed E-state index contributed by atoms with van der Waals surface area (Å²) in [5.74, 6) is 1.05. The van der Waals surface area contributed by atoms with Crippen LogP contribution in [0.25, 0.3) is 0 Å². The lowest BCUT2D eigenvalue weighted by Crippen LogP contribution is -2.39. The summed E-state index contributed by atoms with van der Waals surface area (Å²) in [6, 6.07) is 8.54. The number of halogens is 1. The number of likely N-dealkylation sites (tertiary alicyclic amines) is 1. The highest BCUT2D eigenvalue weighted by Crippen LogP contribution is 2.39. The van der Waals surface area contributed by atoms with Crippen LogP contribution in [-0.2, 0) is 0 Å². The van der Waals surface area contributed by atoms with Crippen molar-refractivity contribution in [1.82, 2.24) is 9.88 Å². The first-order valence-corrected chi connectivity index (χ1v) is 10.1. The van der Waals surface area contributed by atoms with E-state index in [-0.39, 0.29) is 17.5 Å². The minimum Gasteiger partial charge on any atom is -0.497 e. The molecule has 2 aliphatic heterocycles. The van der Waals surface area contributed by atoms with E-state index in [1.807, 2.05) is 26.8 Å². The SMILES string of the molecule is COc1ccc(C(=O)N2CC3CN(c4cc(C)c(C#N)c(C)n4)CC3C2C)c(F)c1. The number of aryl methyl sites for hydroxylation is 2. The molecule has 3 unspecified atom stereocenters. The van der Waals surface area contributed by atoms with Crippen molar-refractivity contribution in [2.45, 2.75) is 26.8 Å². The molecule has 3 heterocycles. The first kappa shape index (κ1) is 20.1. The molecule has 6 nitrogen and oxygen atoms in total. The number of pyridine rings is 1. The van der Waals surface area contributed by atoms with E-state index in [1.165, 1.54) is 19.2 Å². The van der Waals surface area contributed by atoms with Gasteiger partial charge >= 0.3 is 0 Å². The number of hydrogen-bond donors (Lipinski definition) is 0. The monoisotopic (exact) mass is 408 g/mol. The summed E-state index contributed by atoms with van der Waals surface area (Å²) >= 11 is 0. The number of rotatable bonds is 3. The number of methoxy groups -OCH3 is 1. The van der Waals surface area contributed by atoms with Gasteiger partial charge in [0.05, 0.1) is 23.9 Å². The van der Waals surface area contributed by atoms with E-state index in [9.17, 15) is 14.4 Å². The highest BCUT2D eigenvalue weighted by atomic mass is 19.1. The van der Waals surface area contributed by atoms with Crippen molar-refractivity contribution >= 4 is 11.7 Å². The van der Waals surface area contributed by atoms with Crippen molar-refractivity contribution in [2.24, 2.45) is 11.8 Å². The van der Waals surface area contributed by atoms with E-state index >= 15 is 0 Å². The maximum Gasteiger partial charge on any atom is 0.257 e. The second-order valence-corrected chi connectivity index (χ2v) is 8.24. The zero-order chi connectivity index (χ0) is 21.6. The van der Waals surface area contributed by atoms with Gasteiger partial charge in [-0.2, -0.15) is 5.26 Å². The first-order valence-electron chi connectivity index (χ1n) is 10.1. The molecule has 7 heteroatoms. The van der Waals surface area contributed by atoms with Crippen LogP contribution in [0.5, 0.6) is 5.75 Å². The normalized spacial score (nSPS) is 22.7. The van der Waals surface area contributed by atoms with Crippen molar-refractivity contribution in [2.75, 3.05) is 31.6 Å². The van der Waals surface area contributed by atoms with Crippen LogP contribution in [0, 0.1) is 42.8 Å². The summed E-state index contributed by atoms with van der Waals surface area (Å²) in [7, 11) is 1.47. The molecular formula is C23H25FN4O2. The van der Waals surface area contributed by atoms with Gasteiger partial charge in [0.25, 0.3) is 5.91 Å². The number of nitriles is 1. The van der Waals surface area contributed by atoms with Crippen LogP contribution < -0.4 is 9.64 Å². The number of ether oxygens (including phenoxy) is 1. The third-order valence-electron chi connectivity index (χ3n) is 6.52. The Morgan fingerprint density at radius 2 is 2.03 bits per heavy atom. The Hall–Kier alpha value is -3.14. The molecular weight excluding hydrogens is 383 g/mol. The number of fused-ring (bicyclic) bond motifs is 1. The topological polar surface area (TPSA) is 69.5 Å². The number of benzene rings is 1. The number of carbonyl (C=O) groups excluding carboxylic acids is 1. The Kier molecular flexibility index (Phi) is 5.10. The molecule has 1 aromatic carbocycles. The van der Waals surface area contributed by atoms with E-state index in [0.29, 0.717) is 29.7 Å². The Morgan fingerprint density at radius 3 is 2.63 bits per heavy atom. The van der Waals surface area contributed by atoms with Crippen LogP contribution in [0.4, 0.5) is 10.2 Å². The number of nitrogens with zero attached hydrogens (tertiary/aromatic N) is 4. The van der Waals surface area contributed by atoms with E-state index in [0.717, 1.165) is 30.2 Å². The molecule has 156 valence electrons. The molecule has 2 fully saturated rings. The van der Waals surface area contributed by atoms with Crippen LogP contribution in [0.1, 0.15) is 34.1 Å². The van der Waals surface area contributed by atoms with Gasteiger partial charge in [-0.3, -0.25) is 4.79 Å². The van der Waals surface area contributed by atoms with Gasteiger partial charge in [-0.25, -0.2) is 9.37 Å². The third kappa shape index (κ3) is 3.26. The van der Waals surface area contributed by atoms with Crippen LogP contribution >= 0.6 is 0 Å². The lowest BCUT2D eigenvalue weighted by atomic mass is 9.95. The van der Waals surface area contributed by atoms with Crippen LogP contribution in [0.3, 0.4) is 0 Å². The zero-order valence-electron chi connectivity index (χ0n) is 17.6. The third-order valence-corrected chi connectivity index (χ3v) is 6.52. The minimum absolute atomic E-state index is 0.00887. The highest BCUT2D eigenvalue weighted by Gasteiger charge is 2.47. The molecule has 1 aromatic heterocycles. The van der Waals surface area contributed by atoms with Gasteiger partial charge in [0.15, 0.2) is 0 Å². The molecule has 0 radical (unpaired) electrons. The van der Waals surface area contributed by atoms with Crippen molar-refractivity contribution in [3.63, 3.8) is 0 Å². The highest BCUT2D eigenvalue weighted by molar-refractivity contribution is 5.95. The number of amides is 1. The first-order chi connectivity index (χ1) is 14.3. The van der Waals surface area contributed by atoms with Crippen molar-refractivity contribution in [1.29, 1.82) is 5.26 Å². The second-order valence-electron chi connectivity index (χ2n) is 8.24. The molecule has 0 spiro atoms. The lowest BCUT2D eigenvalue weighted by Gasteiger charge is -2.28. The maximum atomic E-state index is 14.4. The van der Waals surface area contributed by atoms with Gasteiger partial charge in [0.1, 0.15) is 23.5 Å². The molecule has 1 amide bonds. The van der Waals surface area contributed by atoms with E-state index in [4.69, 9.17) is 4.74 Å². The standard InChI is InChI=1S/C23H25FN4O2/c1-13-7-22(26-14(2)19(13)9-25)27-10-16-11-28(15(3)20(16)12-27)23(29)18-6-5-17(30-4)8-21(18)24/h5-8,15-16,20H,10-12H2,1-4H3. The lowest BCUT2D eigenvalue weighted by molar-refractivity contribution is 0.0725. The van der Waals surface area contributed by atoms with Crippen LogP contribution in [0.2, 0.25) is 0 Å². The van der Waals surface area contributed by atoms with Gasteiger partial charge in [-0.15, -0.1) is 0 Å². The van der Waals surface area contributed by atoms with Gasteiger partial charge in [0.2, 0.25) is 0 Å². The number of anilines is 1. The van der Waals surface area contributed by atoms with Crippen LogP contribution in [-0.4, -0.2) is 48.6 Å². The summed E-state index contributed by atoms with van der Waals surface area (Å²) in [6.45, 7) is 8.01. The number of hydrogen-bond acceptors (Lipinski definition) is 5. The molecule has 2 aromatic rings. The molecule has 0 N–H and O–H groups in total. The second kappa shape index (κ2) is 7.60. The summed E-state index contributed by atoms with van der Waals surface area (Å²) in [6.07, 6.45) is 0. The molecule has 0 aliphatic carbocycles. The number of aromatic nitrogens is 1. The average molecular weight is 408 g/mol. The summed E-state index contributed by atoms with van der Waals surface area (Å²) in [5, 5.41) is 9.27. The summed E-state index contributed by atoms with van der Waals surface area (Å²) in [5.41, 5.74) is 2.38. The minimum atomic E-state index is -0.557. The van der Waals surface area contributed by atoms with Crippen molar-refractivity contribution < 1.29 is 13.9 Å². The van der Waals surface area contributed by atoms with Gasteiger partial charge < -0.3 is 14.5 Å². The summed E-state index contributed by atoms with van der Waals surface area (Å²) in [4.78, 5) is 21.7. The summed E-state index contributed by atoms with van der Waals surface area (Å²) < 4.78 is 19.4. The van der Waals surface area contributed by atoms with E-state index in [2.05, 4.69) is 16.0 Å². The van der Waals surface area contributed by atoms with E-state index < -0.39 is 5.82 Å². The predicted octanol–water partition coefficient (Wildman–Crippen LogP) is 3.31. The molecule has 3 atom stereocenters. The maximum absolute atomic E-state index is 14.4. The number of carbonyl (C=O) groups is 1. The Morgan fingerprint density at radius 1 is 1.27 bits per heavy atom. The largest absolute Gasteiger partial charge is 0.497 e. The molecule has 2 saturated heterocycles. The fourth-order valence-corrected chi connectivity index (χ4v) is 4.83. The average Bonchev–Trinajstić information content (AvgIpc) is 3.26. The Balaban J connectivity index is 1.50. The molecule has 2 aliphatic rings. The van der Waals surface area contributed by atoms with Gasteiger partial charge in [-0.05, 0) is 44.5 Å². The predicted molar refractivity (Wildman–Crippen MR) is 111 cm³/mol. The Labute approximate surface area is 175 Å². The fourth-order valence-electron chi connectivity index (χ4n) is 4.83. The van der Waals surface area contributed by atoms with E-state index in [1.54, 1.807) is 11.0 Å². The molecule has 0 saturated carbocycles. The quantitative estimate of drug-likeness (QED) is 0.779. The van der Waals surface area contributed by atoms with Gasteiger partial charge in [0, 0.05) is 43.6 Å². The zero-order valence-corrected chi connectivity index (χ0v) is 17.6. The Bertz CT molecular complexity index is 1020. The fraction of sp³-hybridized carbons (Fsp3) is 0.435. The molecule has 30 heavy (non-hydrogen) atoms.